The van der Waals surface area contributed by atoms with Crippen LogP contribution in [0, 0.1) is 11.3 Å². The second-order valence-corrected chi connectivity index (χ2v) is 5.50. The minimum absolute atomic E-state index is 0.0752. The van der Waals surface area contributed by atoms with Crippen LogP contribution in [0.4, 0.5) is 0 Å². The Balaban J connectivity index is 1.73. The van der Waals surface area contributed by atoms with Crippen molar-refractivity contribution < 1.29 is 4.74 Å². The van der Waals surface area contributed by atoms with Gasteiger partial charge in [-0.2, -0.15) is 10.8 Å². The first-order valence-electron chi connectivity index (χ1n) is 7.96. The van der Waals surface area contributed by atoms with Gasteiger partial charge in [-0.3, -0.25) is 0 Å². The number of hydrazine groups is 2. The van der Waals surface area contributed by atoms with Crippen LogP contribution in [-0.4, -0.2) is 12.6 Å². The molecule has 1 aliphatic rings. The van der Waals surface area contributed by atoms with Gasteiger partial charge >= 0.3 is 0 Å². The molecule has 0 spiro atoms. The van der Waals surface area contributed by atoms with Crippen LogP contribution in [0.5, 0.6) is 5.75 Å². The lowest BCUT2D eigenvalue weighted by Gasteiger charge is -2.12. The van der Waals surface area contributed by atoms with Gasteiger partial charge in [-0.1, -0.05) is 48.6 Å². The Labute approximate surface area is 141 Å². The maximum Gasteiger partial charge on any atom is 0.130 e. The monoisotopic (exact) mass is 320 g/mol. The molecule has 0 radical (unpaired) electrons. The fourth-order valence-corrected chi connectivity index (χ4v) is 2.64. The highest BCUT2D eigenvalue weighted by molar-refractivity contribution is 5.70. The van der Waals surface area contributed by atoms with E-state index < -0.39 is 0 Å². The third kappa shape index (κ3) is 3.81. The van der Waals surface area contributed by atoms with E-state index in [9.17, 15) is 0 Å². The molecule has 0 amide bonds. The van der Waals surface area contributed by atoms with E-state index in [1.807, 2.05) is 49.4 Å². The quantitative estimate of drug-likeness (QED) is 0.739. The first-order valence-corrected chi connectivity index (χ1v) is 7.96. The fourth-order valence-electron chi connectivity index (χ4n) is 2.64. The van der Waals surface area contributed by atoms with E-state index in [1.54, 1.807) is 0 Å². The van der Waals surface area contributed by atoms with E-state index in [0.29, 0.717) is 6.61 Å². The highest BCUT2D eigenvalue weighted by atomic mass is 16.5. The molecule has 122 valence electrons. The minimum atomic E-state index is -0.296. The summed E-state index contributed by atoms with van der Waals surface area (Å²) in [6.45, 7) is 2.65. The van der Waals surface area contributed by atoms with Crippen molar-refractivity contribution in [1.82, 2.24) is 16.4 Å². The van der Waals surface area contributed by atoms with Gasteiger partial charge in [0.05, 0.1) is 18.7 Å². The van der Waals surface area contributed by atoms with Crippen LogP contribution in [0.2, 0.25) is 0 Å². The van der Waals surface area contributed by atoms with Crippen molar-refractivity contribution in [2.45, 2.75) is 19.0 Å². The maximum absolute atomic E-state index is 9.16. The zero-order chi connectivity index (χ0) is 16.8. The summed E-state index contributed by atoms with van der Waals surface area (Å²) in [7, 11) is 0. The number of benzene rings is 2. The number of nitrogens with one attached hydrogen (secondary N) is 3. The molecule has 1 saturated heterocycles. The summed E-state index contributed by atoms with van der Waals surface area (Å²) in [6.07, 6.45) is 4.13. The van der Waals surface area contributed by atoms with E-state index in [-0.39, 0.29) is 12.1 Å². The third-order valence-corrected chi connectivity index (χ3v) is 3.86. The van der Waals surface area contributed by atoms with Gasteiger partial charge < -0.3 is 4.74 Å². The molecule has 0 aliphatic carbocycles. The Morgan fingerprint density at radius 2 is 1.88 bits per heavy atom. The molecule has 5 heteroatoms. The van der Waals surface area contributed by atoms with E-state index >= 15 is 0 Å². The molecule has 5 nitrogen and oxygen atoms in total. The van der Waals surface area contributed by atoms with Crippen LogP contribution in [-0.2, 0) is 0 Å². The third-order valence-electron chi connectivity index (χ3n) is 3.86. The summed E-state index contributed by atoms with van der Waals surface area (Å²) in [5, 5.41) is 9.16. The number of ether oxygens (including phenoxy) is 1. The second kappa shape index (κ2) is 7.75. The van der Waals surface area contributed by atoms with Crippen molar-refractivity contribution in [3.8, 4) is 11.8 Å². The summed E-state index contributed by atoms with van der Waals surface area (Å²) in [5.41, 5.74) is 12.0. The maximum atomic E-state index is 9.16. The number of nitriles is 1. The number of hydrogen-bond acceptors (Lipinski definition) is 5. The molecule has 1 aliphatic heterocycles. The van der Waals surface area contributed by atoms with Crippen molar-refractivity contribution in [3.63, 3.8) is 0 Å². The Morgan fingerprint density at radius 1 is 1.08 bits per heavy atom. The highest BCUT2D eigenvalue weighted by Gasteiger charge is 2.27. The molecule has 0 saturated carbocycles. The molecule has 3 rings (SSSR count). The van der Waals surface area contributed by atoms with Gasteiger partial charge in [0, 0.05) is 0 Å². The van der Waals surface area contributed by atoms with Gasteiger partial charge in [-0.25, -0.2) is 10.9 Å². The Kier molecular flexibility index (Phi) is 5.24. The summed E-state index contributed by atoms with van der Waals surface area (Å²) in [6, 6.07) is 18.0. The molecule has 2 aromatic rings. The highest BCUT2D eigenvalue weighted by Crippen LogP contribution is 2.21. The van der Waals surface area contributed by atoms with Gasteiger partial charge in [-0.05, 0) is 35.7 Å². The SMILES string of the molecule is CCOc1ccc(/C=C/c2cccc(C3NNNC3C#N)c2)cc1. The predicted molar refractivity (Wildman–Crippen MR) is 94.5 cm³/mol. The zero-order valence-electron chi connectivity index (χ0n) is 13.5. The number of nitrogens with zero attached hydrogens (tertiary/aromatic N) is 1. The summed E-state index contributed by atoms with van der Waals surface area (Å²) in [4.78, 5) is 0. The van der Waals surface area contributed by atoms with Gasteiger partial charge in [0.25, 0.3) is 0 Å². The second-order valence-electron chi connectivity index (χ2n) is 5.50. The number of hydrogen-bond donors (Lipinski definition) is 3. The molecular formula is C19H20N4O. The molecule has 2 unspecified atom stereocenters. The lowest BCUT2D eigenvalue weighted by Crippen LogP contribution is -2.32. The number of rotatable bonds is 5. The summed E-state index contributed by atoms with van der Waals surface area (Å²) >= 11 is 0. The molecule has 0 bridgehead atoms. The Morgan fingerprint density at radius 3 is 2.62 bits per heavy atom. The summed E-state index contributed by atoms with van der Waals surface area (Å²) in [5.74, 6) is 0.881. The molecule has 2 atom stereocenters. The van der Waals surface area contributed by atoms with Crippen LogP contribution < -0.4 is 21.1 Å². The first-order chi connectivity index (χ1) is 11.8. The predicted octanol–water partition coefficient (Wildman–Crippen LogP) is 2.80. The Hall–Kier alpha value is -2.65. The molecule has 1 heterocycles. The van der Waals surface area contributed by atoms with Crippen molar-refractivity contribution in [2.75, 3.05) is 6.61 Å². The average Bonchev–Trinajstić information content (AvgIpc) is 3.10. The van der Waals surface area contributed by atoms with Crippen LogP contribution in [0.25, 0.3) is 12.2 Å². The standard InChI is InChI=1S/C19H20N4O/c1-2-24-17-10-8-14(9-11-17)6-7-15-4-3-5-16(12-15)19-18(13-20)21-23-22-19/h3-12,18-19,21-23H,2H2,1H3/b7-6+. The van der Waals surface area contributed by atoms with Crippen molar-refractivity contribution >= 4 is 12.2 Å². The molecule has 1 fully saturated rings. The van der Waals surface area contributed by atoms with Crippen LogP contribution >= 0.6 is 0 Å². The van der Waals surface area contributed by atoms with Crippen LogP contribution in [0.1, 0.15) is 29.7 Å². The lowest BCUT2D eigenvalue weighted by atomic mass is 9.99. The Bertz CT molecular complexity index is 749. The first kappa shape index (κ1) is 16.2. The van der Waals surface area contributed by atoms with Crippen molar-refractivity contribution in [2.24, 2.45) is 0 Å². The van der Waals surface area contributed by atoms with E-state index in [0.717, 1.165) is 22.4 Å². The topological polar surface area (TPSA) is 69.1 Å². The minimum Gasteiger partial charge on any atom is -0.494 e. The van der Waals surface area contributed by atoms with Crippen molar-refractivity contribution in [1.29, 1.82) is 5.26 Å². The van der Waals surface area contributed by atoms with Crippen molar-refractivity contribution in [3.05, 3.63) is 65.2 Å². The molecule has 2 aromatic carbocycles. The molecule has 0 aromatic heterocycles. The summed E-state index contributed by atoms with van der Waals surface area (Å²) < 4.78 is 5.45. The largest absolute Gasteiger partial charge is 0.494 e. The lowest BCUT2D eigenvalue weighted by molar-refractivity contribution is 0.340. The molecular weight excluding hydrogens is 300 g/mol. The normalized spacial score (nSPS) is 20.2. The smallest absolute Gasteiger partial charge is 0.130 e. The van der Waals surface area contributed by atoms with E-state index in [1.165, 1.54) is 0 Å². The average molecular weight is 320 g/mol. The zero-order valence-corrected chi connectivity index (χ0v) is 13.5. The van der Waals surface area contributed by atoms with Crippen LogP contribution in [0.3, 0.4) is 0 Å². The van der Waals surface area contributed by atoms with E-state index in [2.05, 4.69) is 40.7 Å². The van der Waals surface area contributed by atoms with E-state index in [4.69, 9.17) is 10.00 Å². The van der Waals surface area contributed by atoms with Gasteiger partial charge in [0.1, 0.15) is 11.8 Å². The van der Waals surface area contributed by atoms with Gasteiger partial charge in [0.2, 0.25) is 0 Å². The molecule has 3 N–H and O–H groups in total. The van der Waals surface area contributed by atoms with Crippen LogP contribution in [0.15, 0.2) is 48.5 Å². The van der Waals surface area contributed by atoms with Gasteiger partial charge in [0.15, 0.2) is 0 Å². The van der Waals surface area contributed by atoms with Gasteiger partial charge in [-0.15, -0.1) is 0 Å². The molecule has 24 heavy (non-hydrogen) atoms. The fraction of sp³-hybridized carbons (Fsp3) is 0.211.